The van der Waals surface area contributed by atoms with Crippen molar-refractivity contribution in [3.8, 4) is 0 Å². The van der Waals surface area contributed by atoms with Gasteiger partial charge in [-0.3, -0.25) is 0 Å². The van der Waals surface area contributed by atoms with Gasteiger partial charge in [-0.1, -0.05) is 20.4 Å². The Hall–Kier alpha value is -1.13. The van der Waals surface area contributed by atoms with Crippen molar-refractivity contribution in [1.82, 2.24) is 15.1 Å². The molecule has 4 nitrogen and oxygen atoms in total. The molecule has 0 saturated heterocycles. The molecule has 0 aliphatic heterocycles. The molecule has 0 unspecified atom stereocenters. The van der Waals surface area contributed by atoms with Crippen molar-refractivity contribution in [1.29, 1.82) is 0 Å². The second-order valence-electron chi connectivity index (χ2n) is 5.11. The quantitative estimate of drug-likeness (QED) is 0.725. The van der Waals surface area contributed by atoms with E-state index in [4.69, 9.17) is 5.11 Å². The highest BCUT2D eigenvalue weighted by atomic mass is 16.2. The third-order valence-corrected chi connectivity index (χ3v) is 2.79. The van der Waals surface area contributed by atoms with Crippen molar-refractivity contribution in [3.05, 3.63) is 24.5 Å². The number of hydrogen-bond donors (Lipinski definition) is 2. The summed E-state index contributed by atoms with van der Waals surface area (Å²) in [6.45, 7) is 10.1. The van der Waals surface area contributed by atoms with E-state index >= 15 is 0 Å². The molecule has 0 bridgehead atoms. The molecule has 0 spiro atoms. The molecule has 0 amide bonds. The average molecular weight is 237 g/mol. The SMILES string of the molecule is C=Cn1cc(CNCC(C)(C)CCCO)cn1. The van der Waals surface area contributed by atoms with E-state index in [2.05, 4.69) is 30.8 Å². The van der Waals surface area contributed by atoms with Crippen molar-refractivity contribution in [2.75, 3.05) is 13.2 Å². The topological polar surface area (TPSA) is 50.1 Å². The smallest absolute Gasteiger partial charge is 0.0538 e. The number of aromatic nitrogens is 2. The molecule has 17 heavy (non-hydrogen) atoms. The van der Waals surface area contributed by atoms with Crippen LogP contribution in [0.3, 0.4) is 0 Å². The number of aliphatic hydroxyl groups is 1. The van der Waals surface area contributed by atoms with Gasteiger partial charge in [0.25, 0.3) is 0 Å². The summed E-state index contributed by atoms with van der Waals surface area (Å²) in [5.74, 6) is 0. The lowest BCUT2D eigenvalue weighted by Crippen LogP contribution is -2.29. The van der Waals surface area contributed by atoms with Crippen LogP contribution in [-0.4, -0.2) is 28.0 Å². The molecule has 1 heterocycles. The first kappa shape index (κ1) is 13.9. The summed E-state index contributed by atoms with van der Waals surface area (Å²) in [5.41, 5.74) is 1.37. The number of nitrogens with zero attached hydrogens (tertiary/aromatic N) is 2. The zero-order valence-corrected chi connectivity index (χ0v) is 10.8. The summed E-state index contributed by atoms with van der Waals surface area (Å²) in [6.07, 6.45) is 7.37. The molecular formula is C13H23N3O. The van der Waals surface area contributed by atoms with Crippen LogP contribution in [0, 0.1) is 5.41 Å². The molecule has 0 aromatic carbocycles. The van der Waals surface area contributed by atoms with E-state index in [1.165, 1.54) is 0 Å². The lowest BCUT2D eigenvalue weighted by atomic mass is 9.88. The van der Waals surface area contributed by atoms with Gasteiger partial charge in [-0.05, 0) is 18.3 Å². The molecule has 0 aliphatic rings. The maximum Gasteiger partial charge on any atom is 0.0538 e. The molecule has 0 atom stereocenters. The molecule has 1 rings (SSSR count). The number of aliphatic hydroxyl groups excluding tert-OH is 1. The Labute approximate surface area is 103 Å². The first-order chi connectivity index (χ1) is 8.07. The van der Waals surface area contributed by atoms with E-state index in [0.29, 0.717) is 0 Å². The molecule has 96 valence electrons. The molecule has 0 radical (unpaired) electrons. The Bertz CT molecular complexity index is 344. The van der Waals surface area contributed by atoms with E-state index in [1.54, 1.807) is 10.9 Å². The zero-order valence-electron chi connectivity index (χ0n) is 10.8. The first-order valence-electron chi connectivity index (χ1n) is 6.04. The monoisotopic (exact) mass is 237 g/mol. The zero-order chi connectivity index (χ0) is 12.7. The summed E-state index contributed by atoms with van der Waals surface area (Å²) in [4.78, 5) is 0. The van der Waals surface area contributed by atoms with Crippen molar-refractivity contribution in [3.63, 3.8) is 0 Å². The van der Waals surface area contributed by atoms with Crippen molar-refractivity contribution in [2.45, 2.75) is 33.2 Å². The summed E-state index contributed by atoms with van der Waals surface area (Å²) < 4.78 is 1.70. The van der Waals surface area contributed by atoms with E-state index in [-0.39, 0.29) is 12.0 Å². The van der Waals surface area contributed by atoms with Crippen LogP contribution >= 0.6 is 0 Å². The number of hydrogen-bond acceptors (Lipinski definition) is 3. The van der Waals surface area contributed by atoms with Gasteiger partial charge in [0, 0.05) is 37.7 Å². The van der Waals surface area contributed by atoms with Gasteiger partial charge in [0.2, 0.25) is 0 Å². The van der Waals surface area contributed by atoms with Crippen LogP contribution in [0.2, 0.25) is 0 Å². The van der Waals surface area contributed by atoms with Gasteiger partial charge in [0.15, 0.2) is 0 Å². The second-order valence-corrected chi connectivity index (χ2v) is 5.11. The third-order valence-electron chi connectivity index (χ3n) is 2.79. The molecule has 1 aromatic rings. The third kappa shape index (κ3) is 5.15. The van der Waals surface area contributed by atoms with E-state index in [0.717, 1.165) is 31.5 Å². The van der Waals surface area contributed by atoms with Crippen LogP contribution in [0.25, 0.3) is 6.20 Å². The van der Waals surface area contributed by atoms with Crippen LogP contribution in [0.4, 0.5) is 0 Å². The van der Waals surface area contributed by atoms with Crippen molar-refractivity contribution >= 4 is 6.20 Å². The molecule has 0 saturated carbocycles. The lowest BCUT2D eigenvalue weighted by Gasteiger charge is -2.24. The maximum atomic E-state index is 8.82. The average Bonchev–Trinajstić information content (AvgIpc) is 2.74. The molecule has 1 aromatic heterocycles. The summed E-state index contributed by atoms with van der Waals surface area (Å²) in [5, 5.41) is 16.4. The van der Waals surface area contributed by atoms with Gasteiger partial charge in [0.1, 0.15) is 0 Å². The predicted molar refractivity (Wildman–Crippen MR) is 70.4 cm³/mol. The normalized spacial score (nSPS) is 11.7. The van der Waals surface area contributed by atoms with Crippen molar-refractivity contribution in [2.24, 2.45) is 5.41 Å². The van der Waals surface area contributed by atoms with Gasteiger partial charge in [-0.25, -0.2) is 4.68 Å². The van der Waals surface area contributed by atoms with Gasteiger partial charge in [-0.2, -0.15) is 5.10 Å². The van der Waals surface area contributed by atoms with Crippen molar-refractivity contribution < 1.29 is 5.11 Å². The van der Waals surface area contributed by atoms with Gasteiger partial charge in [-0.15, -0.1) is 0 Å². The minimum atomic E-state index is 0.219. The van der Waals surface area contributed by atoms with Crippen LogP contribution < -0.4 is 5.32 Å². The Morgan fingerprint density at radius 3 is 2.94 bits per heavy atom. The van der Waals surface area contributed by atoms with E-state index in [9.17, 15) is 0 Å². The van der Waals surface area contributed by atoms with Crippen LogP contribution in [0.15, 0.2) is 19.0 Å². The van der Waals surface area contributed by atoms with E-state index < -0.39 is 0 Å². The van der Waals surface area contributed by atoms with Gasteiger partial charge >= 0.3 is 0 Å². The standard InChI is InChI=1S/C13H23N3O/c1-4-16-10-12(9-15-16)8-14-11-13(2,3)6-5-7-17/h4,9-10,14,17H,1,5-8,11H2,2-3H3. The Kier molecular flexibility index (Phi) is 5.38. The molecule has 4 heteroatoms. The van der Waals surface area contributed by atoms with E-state index in [1.807, 2.05) is 12.4 Å². The summed E-state index contributed by atoms with van der Waals surface area (Å²) >= 11 is 0. The van der Waals surface area contributed by atoms with Crippen LogP contribution in [-0.2, 0) is 6.54 Å². The van der Waals surface area contributed by atoms with Crippen LogP contribution in [0.1, 0.15) is 32.3 Å². The first-order valence-corrected chi connectivity index (χ1v) is 6.04. The largest absolute Gasteiger partial charge is 0.396 e. The molecule has 0 aliphatic carbocycles. The molecular weight excluding hydrogens is 214 g/mol. The van der Waals surface area contributed by atoms with Crippen LogP contribution in [0.5, 0.6) is 0 Å². The fourth-order valence-corrected chi connectivity index (χ4v) is 1.76. The minimum absolute atomic E-state index is 0.219. The summed E-state index contributed by atoms with van der Waals surface area (Å²) in [6, 6.07) is 0. The Morgan fingerprint density at radius 1 is 1.59 bits per heavy atom. The fourth-order valence-electron chi connectivity index (χ4n) is 1.76. The highest BCUT2D eigenvalue weighted by Crippen LogP contribution is 2.20. The number of nitrogens with one attached hydrogen (secondary N) is 1. The predicted octanol–water partition coefficient (Wildman–Crippen LogP) is 1.87. The molecule has 0 fully saturated rings. The Balaban J connectivity index is 2.29. The van der Waals surface area contributed by atoms with Gasteiger partial charge in [0.05, 0.1) is 6.20 Å². The lowest BCUT2D eigenvalue weighted by molar-refractivity contribution is 0.236. The van der Waals surface area contributed by atoms with Gasteiger partial charge < -0.3 is 10.4 Å². The fraction of sp³-hybridized carbons (Fsp3) is 0.615. The Morgan fingerprint density at radius 2 is 2.35 bits per heavy atom. The molecule has 2 N–H and O–H groups in total. The minimum Gasteiger partial charge on any atom is -0.396 e. The highest BCUT2D eigenvalue weighted by Gasteiger charge is 2.16. The summed E-state index contributed by atoms with van der Waals surface area (Å²) in [7, 11) is 0. The second kappa shape index (κ2) is 6.57. The number of rotatable bonds is 8. The highest BCUT2D eigenvalue weighted by molar-refractivity contribution is 5.17. The maximum absolute atomic E-state index is 8.82.